The topological polar surface area (TPSA) is 58.6 Å². The summed E-state index contributed by atoms with van der Waals surface area (Å²) in [6, 6.07) is 8.10. The molecule has 3 rings (SSSR count). The van der Waals surface area contributed by atoms with Crippen LogP contribution in [0.1, 0.15) is 38.2 Å². The van der Waals surface area contributed by atoms with Gasteiger partial charge in [0.2, 0.25) is 11.8 Å². The highest BCUT2D eigenvalue weighted by molar-refractivity contribution is 6.00. The largest absolute Gasteiger partial charge is 0.376 e. The smallest absolute Gasteiger partial charge is 0.227 e. The second-order valence-electron chi connectivity index (χ2n) is 6.70. The van der Waals surface area contributed by atoms with Gasteiger partial charge in [0.25, 0.3) is 0 Å². The Hall–Kier alpha value is -1.88. The van der Waals surface area contributed by atoms with Crippen LogP contribution < -0.4 is 10.2 Å². The summed E-state index contributed by atoms with van der Waals surface area (Å²) >= 11 is 0. The molecule has 1 aromatic rings. The summed E-state index contributed by atoms with van der Waals surface area (Å²) in [5.74, 6) is -0.284. The number of aryl methyl sites for hydroxylation is 1. The normalized spacial score (nSPS) is 23.7. The molecule has 2 fully saturated rings. The molecule has 5 nitrogen and oxygen atoms in total. The summed E-state index contributed by atoms with van der Waals surface area (Å²) in [5, 5.41) is 2.94. The van der Waals surface area contributed by atoms with Gasteiger partial charge in [0.15, 0.2) is 0 Å². The fourth-order valence-electron chi connectivity index (χ4n) is 3.43. The molecule has 1 aromatic carbocycles. The first-order valence-corrected chi connectivity index (χ1v) is 8.96. The molecule has 24 heavy (non-hydrogen) atoms. The van der Waals surface area contributed by atoms with Crippen molar-refractivity contribution in [2.75, 3.05) is 24.6 Å². The van der Waals surface area contributed by atoms with E-state index >= 15 is 0 Å². The Labute approximate surface area is 143 Å². The van der Waals surface area contributed by atoms with E-state index in [-0.39, 0.29) is 30.3 Å². The summed E-state index contributed by atoms with van der Waals surface area (Å²) in [6.07, 6.45) is 4.63. The van der Waals surface area contributed by atoms with Crippen LogP contribution in [0.3, 0.4) is 0 Å². The predicted molar refractivity (Wildman–Crippen MR) is 92.9 cm³/mol. The van der Waals surface area contributed by atoms with Crippen molar-refractivity contribution in [2.45, 2.75) is 45.1 Å². The maximum atomic E-state index is 12.3. The van der Waals surface area contributed by atoms with E-state index in [1.165, 1.54) is 5.56 Å². The number of ether oxygens (including phenoxy) is 1. The molecule has 2 amide bonds. The van der Waals surface area contributed by atoms with Crippen molar-refractivity contribution in [3.05, 3.63) is 29.8 Å². The Balaban J connectivity index is 1.55. The SMILES string of the molecule is CCCc1ccc(N2C[C@H](C(=O)NC[C@@H]3CCCO3)CC2=O)cc1. The third kappa shape index (κ3) is 3.96. The third-order valence-corrected chi connectivity index (χ3v) is 4.81. The molecular weight excluding hydrogens is 304 g/mol. The van der Waals surface area contributed by atoms with Crippen molar-refractivity contribution >= 4 is 17.5 Å². The van der Waals surface area contributed by atoms with Gasteiger partial charge in [0.1, 0.15) is 0 Å². The molecule has 0 radical (unpaired) electrons. The third-order valence-electron chi connectivity index (χ3n) is 4.81. The van der Waals surface area contributed by atoms with Crippen LogP contribution in [-0.2, 0) is 20.7 Å². The minimum atomic E-state index is -0.269. The number of carbonyl (C=O) groups excluding carboxylic acids is 2. The number of nitrogens with zero attached hydrogens (tertiary/aromatic N) is 1. The number of carbonyl (C=O) groups is 2. The molecule has 0 unspecified atom stereocenters. The van der Waals surface area contributed by atoms with Gasteiger partial charge in [-0.3, -0.25) is 9.59 Å². The molecule has 1 N–H and O–H groups in total. The highest BCUT2D eigenvalue weighted by Gasteiger charge is 2.35. The molecule has 2 atom stereocenters. The Morgan fingerprint density at radius 1 is 1.33 bits per heavy atom. The summed E-state index contributed by atoms with van der Waals surface area (Å²) in [6.45, 7) is 3.94. The minimum Gasteiger partial charge on any atom is -0.376 e. The molecule has 2 aliphatic rings. The second-order valence-corrected chi connectivity index (χ2v) is 6.70. The maximum absolute atomic E-state index is 12.3. The standard InChI is InChI=1S/C19H26N2O3/c1-2-4-14-6-8-16(9-7-14)21-13-15(11-18(21)22)19(23)20-12-17-5-3-10-24-17/h6-9,15,17H,2-5,10-13H2,1H3,(H,20,23)/t15-,17+/m1/s1. The molecular formula is C19H26N2O3. The average molecular weight is 330 g/mol. The molecule has 0 spiro atoms. The summed E-state index contributed by atoms with van der Waals surface area (Å²) < 4.78 is 5.52. The number of amides is 2. The van der Waals surface area contributed by atoms with Gasteiger partial charge in [-0.15, -0.1) is 0 Å². The van der Waals surface area contributed by atoms with Crippen LogP contribution in [0.15, 0.2) is 24.3 Å². The fraction of sp³-hybridized carbons (Fsp3) is 0.579. The van der Waals surface area contributed by atoms with E-state index in [0.717, 1.165) is 38.0 Å². The van der Waals surface area contributed by atoms with Crippen molar-refractivity contribution in [3.8, 4) is 0 Å². The quantitative estimate of drug-likeness (QED) is 0.870. The molecule has 0 aromatic heterocycles. The molecule has 130 valence electrons. The molecule has 0 aliphatic carbocycles. The predicted octanol–water partition coefficient (Wildman–Crippen LogP) is 2.29. The Kier molecular flexibility index (Phi) is 5.51. The van der Waals surface area contributed by atoms with Gasteiger partial charge in [0, 0.05) is 31.8 Å². The van der Waals surface area contributed by atoms with Crippen LogP contribution in [0.4, 0.5) is 5.69 Å². The van der Waals surface area contributed by atoms with Crippen molar-refractivity contribution in [1.82, 2.24) is 5.32 Å². The van der Waals surface area contributed by atoms with Crippen molar-refractivity contribution in [3.63, 3.8) is 0 Å². The lowest BCUT2D eigenvalue weighted by molar-refractivity contribution is -0.126. The van der Waals surface area contributed by atoms with E-state index in [1.807, 2.05) is 12.1 Å². The van der Waals surface area contributed by atoms with Gasteiger partial charge in [0.05, 0.1) is 12.0 Å². The van der Waals surface area contributed by atoms with Crippen molar-refractivity contribution in [2.24, 2.45) is 5.92 Å². The van der Waals surface area contributed by atoms with Gasteiger partial charge in [-0.1, -0.05) is 25.5 Å². The Bertz CT molecular complexity index is 579. The van der Waals surface area contributed by atoms with E-state index in [1.54, 1.807) is 4.90 Å². The monoisotopic (exact) mass is 330 g/mol. The van der Waals surface area contributed by atoms with Gasteiger partial charge in [-0.2, -0.15) is 0 Å². The van der Waals surface area contributed by atoms with Crippen LogP contribution in [0.25, 0.3) is 0 Å². The first kappa shape index (κ1) is 17.0. The lowest BCUT2D eigenvalue weighted by atomic mass is 10.1. The zero-order valence-corrected chi connectivity index (χ0v) is 14.3. The summed E-state index contributed by atoms with van der Waals surface area (Å²) in [5.41, 5.74) is 2.16. The number of anilines is 1. The average Bonchev–Trinajstić information content (AvgIpc) is 3.23. The Morgan fingerprint density at radius 2 is 2.12 bits per heavy atom. The molecule has 2 aliphatic heterocycles. The lowest BCUT2D eigenvalue weighted by Gasteiger charge is -2.17. The van der Waals surface area contributed by atoms with Crippen LogP contribution in [0.5, 0.6) is 0 Å². The number of hydrogen-bond donors (Lipinski definition) is 1. The first-order valence-electron chi connectivity index (χ1n) is 8.96. The van der Waals surface area contributed by atoms with Gasteiger partial charge < -0.3 is 15.0 Å². The molecule has 0 bridgehead atoms. The zero-order valence-electron chi connectivity index (χ0n) is 14.3. The molecule has 2 heterocycles. The van der Waals surface area contributed by atoms with Crippen LogP contribution in [0.2, 0.25) is 0 Å². The zero-order chi connectivity index (χ0) is 16.9. The van der Waals surface area contributed by atoms with Crippen LogP contribution in [0, 0.1) is 5.92 Å². The van der Waals surface area contributed by atoms with E-state index < -0.39 is 0 Å². The lowest BCUT2D eigenvalue weighted by Crippen LogP contribution is -2.37. The van der Waals surface area contributed by atoms with E-state index in [2.05, 4.69) is 24.4 Å². The van der Waals surface area contributed by atoms with Crippen LogP contribution in [-0.4, -0.2) is 37.6 Å². The van der Waals surface area contributed by atoms with Crippen molar-refractivity contribution in [1.29, 1.82) is 0 Å². The Morgan fingerprint density at radius 3 is 2.79 bits per heavy atom. The second kappa shape index (κ2) is 7.79. The van der Waals surface area contributed by atoms with Gasteiger partial charge in [-0.05, 0) is 37.0 Å². The fourth-order valence-corrected chi connectivity index (χ4v) is 3.43. The molecule has 2 saturated heterocycles. The van der Waals surface area contributed by atoms with E-state index in [0.29, 0.717) is 13.1 Å². The molecule has 0 saturated carbocycles. The highest BCUT2D eigenvalue weighted by atomic mass is 16.5. The van der Waals surface area contributed by atoms with E-state index in [4.69, 9.17) is 4.74 Å². The van der Waals surface area contributed by atoms with E-state index in [9.17, 15) is 9.59 Å². The van der Waals surface area contributed by atoms with Crippen LogP contribution >= 0.6 is 0 Å². The number of benzene rings is 1. The summed E-state index contributed by atoms with van der Waals surface area (Å²) in [7, 11) is 0. The van der Waals surface area contributed by atoms with Gasteiger partial charge in [-0.25, -0.2) is 0 Å². The maximum Gasteiger partial charge on any atom is 0.227 e. The number of rotatable bonds is 6. The number of nitrogens with one attached hydrogen (secondary N) is 1. The highest BCUT2D eigenvalue weighted by Crippen LogP contribution is 2.26. The summed E-state index contributed by atoms with van der Waals surface area (Å²) in [4.78, 5) is 26.3. The minimum absolute atomic E-state index is 0.0236. The number of hydrogen-bond acceptors (Lipinski definition) is 3. The van der Waals surface area contributed by atoms with Crippen molar-refractivity contribution < 1.29 is 14.3 Å². The van der Waals surface area contributed by atoms with Gasteiger partial charge >= 0.3 is 0 Å². The first-order chi connectivity index (χ1) is 11.7. The molecule has 5 heteroatoms.